The summed E-state index contributed by atoms with van der Waals surface area (Å²) in [7, 11) is 1.33. The molecule has 1 unspecified atom stereocenters. The van der Waals surface area contributed by atoms with Crippen LogP contribution in [0.1, 0.15) is 15.9 Å². The van der Waals surface area contributed by atoms with Gasteiger partial charge in [-0.05, 0) is 35.9 Å². The molecule has 1 heterocycles. The summed E-state index contributed by atoms with van der Waals surface area (Å²) < 4.78 is 16.0. The number of benzene rings is 2. The van der Waals surface area contributed by atoms with Gasteiger partial charge in [0.05, 0.1) is 19.2 Å². The number of methoxy groups -OCH3 is 1. The second-order valence-electron chi connectivity index (χ2n) is 5.69. The van der Waals surface area contributed by atoms with Crippen LogP contribution in [0.25, 0.3) is 6.08 Å². The van der Waals surface area contributed by atoms with Crippen molar-refractivity contribution < 1.29 is 23.8 Å². The first-order chi connectivity index (χ1) is 12.7. The standard InChI is InChI=1S/C20H19NO5/c1-24-20(23)15-9-6-14(7-10-15)8-11-19(22)21-12-16-13-25-17-4-2-3-5-18(17)26-16/h2-11,16H,12-13H2,1H3,(H,21,22)/b11-8+. The number of fused-ring (bicyclic) bond motifs is 1. The molecule has 1 aliphatic heterocycles. The van der Waals surface area contributed by atoms with Crippen LogP contribution in [0.5, 0.6) is 11.5 Å². The van der Waals surface area contributed by atoms with E-state index in [1.807, 2.05) is 24.3 Å². The van der Waals surface area contributed by atoms with Crippen molar-refractivity contribution in [2.75, 3.05) is 20.3 Å². The molecule has 26 heavy (non-hydrogen) atoms. The maximum atomic E-state index is 12.0. The van der Waals surface area contributed by atoms with Gasteiger partial charge in [0.2, 0.25) is 5.91 Å². The van der Waals surface area contributed by atoms with Crippen LogP contribution in [0.15, 0.2) is 54.6 Å². The molecule has 0 bridgehead atoms. The summed E-state index contributed by atoms with van der Waals surface area (Å²) in [6.07, 6.45) is 2.87. The molecule has 0 spiro atoms. The SMILES string of the molecule is COC(=O)c1ccc(/C=C/C(=O)NCC2COc3ccccc3O2)cc1. The third kappa shape index (κ3) is 4.42. The average Bonchev–Trinajstić information content (AvgIpc) is 2.70. The minimum atomic E-state index is -0.394. The number of rotatable bonds is 5. The van der Waals surface area contributed by atoms with E-state index in [2.05, 4.69) is 10.1 Å². The quantitative estimate of drug-likeness (QED) is 0.660. The number of para-hydroxylation sites is 2. The highest BCUT2D eigenvalue weighted by Crippen LogP contribution is 2.30. The fraction of sp³-hybridized carbons (Fsp3) is 0.200. The Hall–Kier alpha value is -3.28. The number of ether oxygens (including phenoxy) is 3. The fourth-order valence-corrected chi connectivity index (χ4v) is 2.46. The predicted octanol–water partition coefficient (Wildman–Crippen LogP) is 2.44. The van der Waals surface area contributed by atoms with E-state index in [1.165, 1.54) is 13.2 Å². The van der Waals surface area contributed by atoms with Crippen LogP contribution in [-0.2, 0) is 9.53 Å². The zero-order chi connectivity index (χ0) is 18.4. The molecule has 2 aromatic carbocycles. The highest BCUT2D eigenvalue weighted by Gasteiger charge is 2.20. The summed E-state index contributed by atoms with van der Waals surface area (Å²) in [6, 6.07) is 14.2. The van der Waals surface area contributed by atoms with Crippen molar-refractivity contribution in [3.05, 3.63) is 65.7 Å². The molecule has 134 valence electrons. The highest BCUT2D eigenvalue weighted by atomic mass is 16.6. The molecule has 6 heteroatoms. The van der Waals surface area contributed by atoms with Crippen LogP contribution in [0, 0.1) is 0 Å². The Bertz CT molecular complexity index is 813. The number of hydrogen-bond donors (Lipinski definition) is 1. The molecule has 0 saturated carbocycles. The Morgan fingerprint density at radius 3 is 2.62 bits per heavy atom. The first-order valence-corrected chi connectivity index (χ1v) is 8.18. The van der Waals surface area contributed by atoms with Gasteiger partial charge in [-0.3, -0.25) is 4.79 Å². The average molecular weight is 353 g/mol. The number of nitrogens with one attached hydrogen (secondary N) is 1. The molecule has 0 radical (unpaired) electrons. The molecule has 6 nitrogen and oxygen atoms in total. The first-order valence-electron chi connectivity index (χ1n) is 8.18. The van der Waals surface area contributed by atoms with Gasteiger partial charge in [-0.1, -0.05) is 24.3 Å². The summed E-state index contributed by atoms with van der Waals surface area (Å²) in [5, 5.41) is 2.79. The lowest BCUT2D eigenvalue weighted by molar-refractivity contribution is -0.116. The molecule has 1 N–H and O–H groups in total. The second-order valence-corrected chi connectivity index (χ2v) is 5.69. The van der Waals surface area contributed by atoms with Gasteiger partial charge in [-0.15, -0.1) is 0 Å². The highest BCUT2D eigenvalue weighted by molar-refractivity contribution is 5.92. The normalized spacial score (nSPS) is 15.5. The van der Waals surface area contributed by atoms with Crippen LogP contribution in [-0.4, -0.2) is 38.2 Å². The molecule has 0 aromatic heterocycles. The van der Waals surface area contributed by atoms with Crippen molar-refractivity contribution in [1.82, 2.24) is 5.32 Å². The van der Waals surface area contributed by atoms with Crippen molar-refractivity contribution in [1.29, 1.82) is 0 Å². The lowest BCUT2D eigenvalue weighted by Gasteiger charge is -2.26. The first kappa shape index (κ1) is 17.5. The van der Waals surface area contributed by atoms with Gasteiger partial charge in [0.1, 0.15) is 12.7 Å². The zero-order valence-electron chi connectivity index (χ0n) is 14.3. The summed E-state index contributed by atoms with van der Waals surface area (Å²) in [6.45, 7) is 0.731. The second kappa shape index (κ2) is 8.20. The smallest absolute Gasteiger partial charge is 0.337 e. The van der Waals surface area contributed by atoms with Crippen molar-refractivity contribution in [2.24, 2.45) is 0 Å². The number of amides is 1. The maximum Gasteiger partial charge on any atom is 0.337 e. The summed E-state index contributed by atoms with van der Waals surface area (Å²) >= 11 is 0. The van der Waals surface area contributed by atoms with Gasteiger partial charge >= 0.3 is 5.97 Å². The van der Waals surface area contributed by atoms with Crippen molar-refractivity contribution >= 4 is 18.0 Å². The molecule has 1 aliphatic rings. The van der Waals surface area contributed by atoms with Crippen molar-refractivity contribution in [3.63, 3.8) is 0 Å². The van der Waals surface area contributed by atoms with Crippen LogP contribution >= 0.6 is 0 Å². The van der Waals surface area contributed by atoms with Gasteiger partial charge in [-0.2, -0.15) is 0 Å². The predicted molar refractivity (Wildman–Crippen MR) is 96.2 cm³/mol. The molecule has 0 fully saturated rings. The van der Waals surface area contributed by atoms with Crippen molar-refractivity contribution in [2.45, 2.75) is 6.10 Å². The van der Waals surface area contributed by atoms with E-state index in [-0.39, 0.29) is 12.0 Å². The molecule has 2 aromatic rings. The van der Waals surface area contributed by atoms with E-state index >= 15 is 0 Å². The molecule has 0 saturated heterocycles. The van der Waals surface area contributed by atoms with Gasteiger partial charge in [0, 0.05) is 6.08 Å². The molecular formula is C20H19NO5. The lowest BCUT2D eigenvalue weighted by Crippen LogP contribution is -2.40. The van der Waals surface area contributed by atoms with Crippen LogP contribution < -0.4 is 14.8 Å². The van der Waals surface area contributed by atoms with E-state index in [9.17, 15) is 9.59 Å². The Kier molecular flexibility index (Phi) is 5.53. The van der Waals surface area contributed by atoms with E-state index in [4.69, 9.17) is 9.47 Å². The van der Waals surface area contributed by atoms with E-state index in [0.717, 1.165) is 5.56 Å². The molecule has 0 aliphatic carbocycles. The Morgan fingerprint density at radius 1 is 1.15 bits per heavy atom. The minimum absolute atomic E-state index is 0.232. The maximum absolute atomic E-state index is 12.0. The third-order valence-corrected chi connectivity index (χ3v) is 3.83. The Balaban J connectivity index is 1.48. The largest absolute Gasteiger partial charge is 0.486 e. The Morgan fingerprint density at radius 2 is 1.88 bits per heavy atom. The molecule has 1 atom stereocenters. The Labute approximate surface area is 151 Å². The number of hydrogen-bond acceptors (Lipinski definition) is 5. The fourth-order valence-electron chi connectivity index (χ4n) is 2.46. The monoisotopic (exact) mass is 353 g/mol. The molecule has 3 rings (SSSR count). The summed E-state index contributed by atoms with van der Waals surface area (Å²) in [4.78, 5) is 23.3. The zero-order valence-corrected chi connectivity index (χ0v) is 14.3. The van der Waals surface area contributed by atoms with Crippen LogP contribution in [0.4, 0.5) is 0 Å². The molecule has 1 amide bonds. The lowest BCUT2D eigenvalue weighted by atomic mass is 10.1. The van der Waals surface area contributed by atoms with Gasteiger partial charge in [-0.25, -0.2) is 4.79 Å². The van der Waals surface area contributed by atoms with Crippen LogP contribution in [0.2, 0.25) is 0 Å². The van der Waals surface area contributed by atoms with Gasteiger partial charge in [0.25, 0.3) is 0 Å². The number of carbonyl (C=O) groups excluding carboxylic acids is 2. The van der Waals surface area contributed by atoms with Gasteiger partial charge in [0.15, 0.2) is 11.5 Å². The minimum Gasteiger partial charge on any atom is -0.486 e. The summed E-state index contributed by atoms with van der Waals surface area (Å²) in [5.41, 5.74) is 1.27. The number of carbonyl (C=O) groups is 2. The topological polar surface area (TPSA) is 73.9 Å². The molecular weight excluding hydrogens is 334 g/mol. The van der Waals surface area contributed by atoms with Crippen LogP contribution in [0.3, 0.4) is 0 Å². The van der Waals surface area contributed by atoms with E-state index in [1.54, 1.807) is 30.3 Å². The van der Waals surface area contributed by atoms with E-state index < -0.39 is 5.97 Å². The van der Waals surface area contributed by atoms with Crippen molar-refractivity contribution in [3.8, 4) is 11.5 Å². The number of esters is 1. The van der Waals surface area contributed by atoms with E-state index in [0.29, 0.717) is 30.2 Å². The van der Waals surface area contributed by atoms with Gasteiger partial charge < -0.3 is 19.5 Å². The third-order valence-electron chi connectivity index (χ3n) is 3.83. The summed E-state index contributed by atoms with van der Waals surface area (Å²) in [5.74, 6) is 0.767.